The van der Waals surface area contributed by atoms with Gasteiger partial charge in [0.15, 0.2) is 0 Å². The molecule has 0 saturated heterocycles. The highest BCUT2D eigenvalue weighted by Crippen LogP contribution is 2.30. The van der Waals surface area contributed by atoms with E-state index in [1.165, 1.54) is 30.6 Å². The molecule has 1 heterocycles. The summed E-state index contributed by atoms with van der Waals surface area (Å²) < 4.78 is 18.1. The van der Waals surface area contributed by atoms with Gasteiger partial charge < -0.3 is 10.1 Å². The number of hydrogen-bond acceptors (Lipinski definition) is 4. The SMILES string of the molecule is COc1ccc(NC(=O)c2sc(-c3ccc(F)cc3)nc2C)cc1Cl. The van der Waals surface area contributed by atoms with Gasteiger partial charge in [-0.2, -0.15) is 0 Å². The quantitative estimate of drug-likeness (QED) is 0.683. The lowest BCUT2D eigenvalue weighted by atomic mass is 10.2. The predicted octanol–water partition coefficient (Wildman–Crippen LogP) is 5.17. The molecule has 0 radical (unpaired) electrons. The molecule has 3 aromatic rings. The van der Waals surface area contributed by atoms with Crippen LogP contribution in [0.4, 0.5) is 10.1 Å². The first-order valence-corrected chi connectivity index (χ1v) is 8.55. The second-order valence-corrected chi connectivity index (χ2v) is 6.65. The predicted molar refractivity (Wildman–Crippen MR) is 98.2 cm³/mol. The Morgan fingerprint density at radius 1 is 1.24 bits per heavy atom. The lowest BCUT2D eigenvalue weighted by Gasteiger charge is -2.07. The van der Waals surface area contributed by atoms with Crippen molar-refractivity contribution in [2.45, 2.75) is 6.92 Å². The van der Waals surface area contributed by atoms with Gasteiger partial charge in [0.2, 0.25) is 0 Å². The topological polar surface area (TPSA) is 51.2 Å². The Hall–Kier alpha value is -2.44. The Morgan fingerprint density at radius 3 is 2.60 bits per heavy atom. The Labute approximate surface area is 153 Å². The summed E-state index contributed by atoms with van der Waals surface area (Å²) in [5.74, 6) is -0.0526. The summed E-state index contributed by atoms with van der Waals surface area (Å²) in [4.78, 5) is 17.4. The van der Waals surface area contributed by atoms with Gasteiger partial charge in [-0.15, -0.1) is 11.3 Å². The van der Waals surface area contributed by atoms with Crippen molar-refractivity contribution in [2.24, 2.45) is 0 Å². The Balaban J connectivity index is 1.83. The first kappa shape index (κ1) is 17.4. The lowest BCUT2D eigenvalue weighted by Crippen LogP contribution is -2.11. The third-order valence-corrected chi connectivity index (χ3v) is 5.00. The van der Waals surface area contributed by atoms with Crippen LogP contribution in [0.1, 0.15) is 15.4 Å². The number of methoxy groups -OCH3 is 1. The van der Waals surface area contributed by atoms with Crippen LogP contribution in [0.2, 0.25) is 5.02 Å². The zero-order chi connectivity index (χ0) is 18.0. The standard InChI is InChI=1S/C18H14ClFN2O2S/c1-10-16(25-18(21-10)11-3-5-12(20)6-4-11)17(23)22-13-7-8-15(24-2)14(19)9-13/h3-9H,1-2H3,(H,22,23). The molecule has 0 aliphatic heterocycles. The van der Waals surface area contributed by atoms with Crippen molar-refractivity contribution in [1.29, 1.82) is 0 Å². The van der Waals surface area contributed by atoms with Gasteiger partial charge in [0.05, 0.1) is 17.8 Å². The number of amides is 1. The average Bonchev–Trinajstić information content (AvgIpc) is 2.97. The number of anilines is 1. The van der Waals surface area contributed by atoms with Gasteiger partial charge >= 0.3 is 0 Å². The van der Waals surface area contributed by atoms with E-state index in [2.05, 4.69) is 10.3 Å². The highest BCUT2D eigenvalue weighted by Gasteiger charge is 2.17. The van der Waals surface area contributed by atoms with Gasteiger partial charge in [-0.1, -0.05) is 11.6 Å². The highest BCUT2D eigenvalue weighted by molar-refractivity contribution is 7.17. The summed E-state index contributed by atoms with van der Waals surface area (Å²) in [5.41, 5.74) is 1.94. The van der Waals surface area contributed by atoms with Crippen molar-refractivity contribution in [3.05, 3.63) is 63.9 Å². The third kappa shape index (κ3) is 3.81. The second kappa shape index (κ2) is 7.21. The Morgan fingerprint density at radius 2 is 1.96 bits per heavy atom. The number of benzene rings is 2. The van der Waals surface area contributed by atoms with Crippen molar-refractivity contribution >= 4 is 34.5 Å². The van der Waals surface area contributed by atoms with Crippen LogP contribution in [0.25, 0.3) is 10.6 Å². The number of aromatic nitrogens is 1. The summed E-state index contributed by atoms with van der Waals surface area (Å²) in [7, 11) is 1.52. The number of aryl methyl sites for hydroxylation is 1. The van der Waals surface area contributed by atoms with Crippen molar-refractivity contribution < 1.29 is 13.9 Å². The van der Waals surface area contributed by atoms with Gasteiger partial charge in [0.25, 0.3) is 5.91 Å². The maximum absolute atomic E-state index is 13.0. The van der Waals surface area contributed by atoms with Gasteiger partial charge in [0.1, 0.15) is 21.5 Å². The highest BCUT2D eigenvalue weighted by atomic mass is 35.5. The van der Waals surface area contributed by atoms with Crippen LogP contribution in [-0.4, -0.2) is 18.0 Å². The van der Waals surface area contributed by atoms with Crippen LogP contribution in [0.15, 0.2) is 42.5 Å². The van der Waals surface area contributed by atoms with Crippen LogP contribution in [0, 0.1) is 12.7 Å². The number of carbonyl (C=O) groups is 1. The summed E-state index contributed by atoms with van der Waals surface area (Å²) in [6.45, 7) is 1.76. The number of rotatable bonds is 4. The number of nitrogens with one attached hydrogen (secondary N) is 1. The molecular formula is C18H14ClFN2O2S. The maximum atomic E-state index is 13.0. The molecule has 0 saturated carbocycles. The molecule has 0 fully saturated rings. The van der Waals surface area contributed by atoms with Gasteiger partial charge in [-0.3, -0.25) is 4.79 Å². The zero-order valence-corrected chi connectivity index (χ0v) is 15.0. The van der Waals surface area contributed by atoms with Crippen molar-refractivity contribution in [1.82, 2.24) is 4.98 Å². The first-order valence-electron chi connectivity index (χ1n) is 7.36. The van der Waals surface area contributed by atoms with Crippen LogP contribution in [-0.2, 0) is 0 Å². The molecule has 0 atom stereocenters. The number of carbonyl (C=O) groups excluding carboxylic acids is 1. The van der Waals surface area contributed by atoms with E-state index >= 15 is 0 Å². The summed E-state index contributed by atoms with van der Waals surface area (Å²) in [6.07, 6.45) is 0. The summed E-state index contributed by atoms with van der Waals surface area (Å²) in [5, 5.41) is 3.87. The van der Waals surface area contributed by atoms with E-state index < -0.39 is 0 Å². The van der Waals surface area contributed by atoms with Gasteiger partial charge in [-0.25, -0.2) is 9.37 Å². The second-order valence-electron chi connectivity index (χ2n) is 5.24. The molecule has 128 valence electrons. The monoisotopic (exact) mass is 376 g/mol. The first-order chi connectivity index (χ1) is 12.0. The van der Waals surface area contributed by atoms with E-state index in [4.69, 9.17) is 16.3 Å². The van der Waals surface area contributed by atoms with Crippen LogP contribution in [0.5, 0.6) is 5.75 Å². The van der Waals surface area contributed by atoms with E-state index in [0.717, 1.165) is 5.56 Å². The van der Waals surface area contributed by atoms with Crippen molar-refractivity contribution in [2.75, 3.05) is 12.4 Å². The fourth-order valence-electron chi connectivity index (χ4n) is 2.26. The third-order valence-electron chi connectivity index (χ3n) is 3.50. The fourth-order valence-corrected chi connectivity index (χ4v) is 3.48. The van der Waals surface area contributed by atoms with Crippen molar-refractivity contribution in [3.8, 4) is 16.3 Å². The van der Waals surface area contributed by atoms with E-state index in [1.54, 1.807) is 37.3 Å². The van der Waals surface area contributed by atoms with E-state index in [1.807, 2.05) is 0 Å². The molecular weight excluding hydrogens is 363 g/mol. The molecule has 0 aliphatic rings. The van der Waals surface area contributed by atoms with Gasteiger partial charge in [0, 0.05) is 11.3 Å². The molecule has 2 aromatic carbocycles. The number of halogens is 2. The molecule has 1 aromatic heterocycles. The smallest absolute Gasteiger partial charge is 0.267 e. The normalized spacial score (nSPS) is 10.6. The van der Waals surface area contributed by atoms with E-state index in [0.29, 0.717) is 32.0 Å². The lowest BCUT2D eigenvalue weighted by molar-refractivity contribution is 0.103. The Bertz CT molecular complexity index is 925. The molecule has 0 unspecified atom stereocenters. The number of hydrogen-bond donors (Lipinski definition) is 1. The molecule has 0 spiro atoms. The molecule has 25 heavy (non-hydrogen) atoms. The zero-order valence-electron chi connectivity index (χ0n) is 13.5. The molecule has 4 nitrogen and oxygen atoms in total. The maximum Gasteiger partial charge on any atom is 0.267 e. The summed E-state index contributed by atoms with van der Waals surface area (Å²) >= 11 is 7.32. The molecule has 7 heteroatoms. The van der Waals surface area contributed by atoms with Crippen molar-refractivity contribution in [3.63, 3.8) is 0 Å². The number of nitrogens with zero attached hydrogens (tertiary/aromatic N) is 1. The molecule has 3 rings (SSSR count). The van der Waals surface area contributed by atoms with Crippen LogP contribution < -0.4 is 10.1 Å². The van der Waals surface area contributed by atoms with Crippen LogP contribution >= 0.6 is 22.9 Å². The number of ether oxygens (including phenoxy) is 1. The fraction of sp³-hybridized carbons (Fsp3) is 0.111. The average molecular weight is 377 g/mol. The van der Waals surface area contributed by atoms with E-state index in [-0.39, 0.29) is 11.7 Å². The minimum Gasteiger partial charge on any atom is -0.495 e. The van der Waals surface area contributed by atoms with Gasteiger partial charge in [-0.05, 0) is 49.4 Å². The molecule has 0 aliphatic carbocycles. The minimum absolute atomic E-state index is 0.274. The van der Waals surface area contributed by atoms with E-state index in [9.17, 15) is 9.18 Å². The largest absolute Gasteiger partial charge is 0.495 e. The summed E-state index contributed by atoms with van der Waals surface area (Å²) in [6, 6.07) is 11.0. The molecule has 1 amide bonds. The Kier molecular flexibility index (Phi) is 5.01. The number of thiazole rings is 1. The minimum atomic E-state index is -0.314. The molecule has 0 bridgehead atoms. The molecule has 1 N–H and O–H groups in total. The van der Waals surface area contributed by atoms with Crippen LogP contribution in [0.3, 0.4) is 0 Å².